The quantitative estimate of drug-likeness (QED) is 0.414. The Kier molecular flexibility index (Phi) is 2.69. The first-order chi connectivity index (χ1) is 3.06. The Labute approximate surface area is 50.1 Å². The summed E-state index contributed by atoms with van der Waals surface area (Å²) in [4.78, 5) is -0.818. The van der Waals surface area contributed by atoms with E-state index in [2.05, 4.69) is 19.6 Å². The monoisotopic (exact) mass is 119 g/mol. The summed E-state index contributed by atoms with van der Waals surface area (Å²) in [6, 6.07) is 0. The van der Waals surface area contributed by atoms with E-state index in [0.717, 1.165) is 6.42 Å². The minimum Gasteiger partial charge on any atom is -0.380 e. The van der Waals surface area contributed by atoms with Crippen LogP contribution in [0.2, 0.25) is 0 Å². The van der Waals surface area contributed by atoms with Crippen molar-refractivity contribution < 1.29 is 5.11 Å². The van der Waals surface area contributed by atoms with Crippen LogP contribution in [-0.2, 0) is 0 Å². The van der Waals surface area contributed by atoms with Crippen molar-refractivity contribution in [2.75, 3.05) is 0 Å². The third-order valence-electron chi connectivity index (χ3n) is 0.650. The van der Waals surface area contributed by atoms with Crippen LogP contribution in [0.4, 0.5) is 0 Å². The van der Waals surface area contributed by atoms with Crippen molar-refractivity contribution in [2.24, 2.45) is 0 Å². The zero-order valence-corrected chi connectivity index (χ0v) is 5.41. The summed E-state index contributed by atoms with van der Waals surface area (Å²) in [7, 11) is 0. The van der Waals surface area contributed by atoms with Crippen LogP contribution < -0.4 is 0 Å². The third-order valence-corrected chi connectivity index (χ3v) is 0.874. The largest absolute Gasteiger partial charge is 0.380 e. The molecule has 1 radical (unpaired) electrons. The molecule has 2 heteroatoms. The fraction of sp³-hybridized carbons (Fsp3) is 0.800. The maximum atomic E-state index is 8.84. The Morgan fingerprint density at radius 3 is 2.29 bits per heavy atom. The highest BCUT2D eigenvalue weighted by atomic mass is 32.1. The van der Waals surface area contributed by atoms with Crippen molar-refractivity contribution in [3.05, 3.63) is 6.92 Å². The van der Waals surface area contributed by atoms with E-state index < -0.39 is 4.93 Å². The number of hydrogen-bond donors (Lipinski definition) is 2. The fourth-order valence-corrected chi connectivity index (χ4v) is 0.493. The van der Waals surface area contributed by atoms with Crippen LogP contribution in [0.3, 0.4) is 0 Å². The second kappa shape index (κ2) is 2.58. The van der Waals surface area contributed by atoms with Gasteiger partial charge in [0.15, 0.2) is 0 Å². The molecule has 1 nitrogen and oxygen atoms in total. The molecule has 0 aromatic heterocycles. The molecule has 0 aromatic carbocycles. The number of aliphatic hydroxyl groups is 1. The van der Waals surface area contributed by atoms with Gasteiger partial charge in [-0.25, -0.2) is 0 Å². The first-order valence-electron chi connectivity index (χ1n) is 2.30. The summed E-state index contributed by atoms with van der Waals surface area (Å²) in [5, 5.41) is 8.84. The molecule has 7 heavy (non-hydrogen) atoms. The van der Waals surface area contributed by atoms with Crippen molar-refractivity contribution in [2.45, 2.75) is 24.7 Å². The third kappa shape index (κ3) is 6.31. The van der Waals surface area contributed by atoms with Crippen molar-refractivity contribution in [1.29, 1.82) is 0 Å². The van der Waals surface area contributed by atoms with Gasteiger partial charge in [-0.15, -0.1) is 12.6 Å². The fourth-order valence-electron chi connectivity index (χ4n) is 0.335. The van der Waals surface area contributed by atoms with E-state index in [4.69, 9.17) is 5.11 Å². The van der Waals surface area contributed by atoms with E-state index in [0.29, 0.717) is 6.42 Å². The van der Waals surface area contributed by atoms with Gasteiger partial charge in [-0.05, 0) is 19.8 Å². The maximum Gasteiger partial charge on any atom is 0.104 e. The minimum absolute atomic E-state index is 0.649. The molecule has 43 valence electrons. The zero-order chi connectivity index (χ0) is 5.91. The molecule has 0 aliphatic rings. The smallest absolute Gasteiger partial charge is 0.104 e. The molecule has 1 N–H and O–H groups in total. The van der Waals surface area contributed by atoms with E-state index in [1.54, 1.807) is 6.92 Å². The average Bonchev–Trinajstić information content (AvgIpc) is 1.30. The molecule has 0 fully saturated rings. The highest BCUT2D eigenvalue weighted by molar-refractivity contribution is 7.81. The van der Waals surface area contributed by atoms with Crippen molar-refractivity contribution in [3.8, 4) is 0 Å². The zero-order valence-electron chi connectivity index (χ0n) is 4.52. The highest BCUT2D eigenvalue weighted by Crippen LogP contribution is 2.14. The van der Waals surface area contributed by atoms with Gasteiger partial charge >= 0.3 is 0 Å². The van der Waals surface area contributed by atoms with E-state index in [-0.39, 0.29) is 0 Å². The first kappa shape index (κ1) is 7.31. The van der Waals surface area contributed by atoms with Crippen LogP contribution >= 0.6 is 12.6 Å². The molecular formula is C5H11OS. The van der Waals surface area contributed by atoms with Crippen molar-refractivity contribution in [1.82, 2.24) is 0 Å². The van der Waals surface area contributed by atoms with Gasteiger partial charge in [-0.2, -0.15) is 0 Å². The number of hydrogen-bond acceptors (Lipinski definition) is 2. The molecule has 0 aromatic rings. The Morgan fingerprint density at radius 1 is 1.86 bits per heavy atom. The van der Waals surface area contributed by atoms with Crippen LogP contribution in [0.5, 0.6) is 0 Å². The highest BCUT2D eigenvalue weighted by Gasteiger charge is 2.09. The lowest BCUT2D eigenvalue weighted by Crippen LogP contribution is -2.13. The summed E-state index contributed by atoms with van der Waals surface area (Å²) in [5.41, 5.74) is 0. The molecule has 1 unspecified atom stereocenters. The summed E-state index contributed by atoms with van der Waals surface area (Å²) >= 11 is 3.85. The predicted octanol–water partition coefficient (Wildman–Crippen LogP) is 1.24. The molecule has 0 aliphatic heterocycles. The van der Waals surface area contributed by atoms with Gasteiger partial charge in [0.25, 0.3) is 0 Å². The van der Waals surface area contributed by atoms with Crippen molar-refractivity contribution in [3.63, 3.8) is 0 Å². The Bertz CT molecular complexity index is 46.5. The van der Waals surface area contributed by atoms with Crippen LogP contribution in [0, 0.1) is 6.92 Å². The lowest BCUT2D eigenvalue weighted by molar-refractivity contribution is 0.151. The Morgan fingerprint density at radius 2 is 2.29 bits per heavy atom. The van der Waals surface area contributed by atoms with Gasteiger partial charge in [0.1, 0.15) is 4.93 Å². The summed E-state index contributed by atoms with van der Waals surface area (Å²) in [6.45, 7) is 5.22. The van der Waals surface area contributed by atoms with E-state index in [1.807, 2.05) is 0 Å². The van der Waals surface area contributed by atoms with Gasteiger partial charge in [-0.3, -0.25) is 0 Å². The first-order valence-corrected chi connectivity index (χ1v) is 2.75. The molecule has 0 aliphatic carbocycles. The van der Waals surface area contributed by atoms with E-state index in [9.17, 15) is 0 Å². The topological polar surface area (TPSA) is 20.2 Å². The molecule has 0 spiro atoms. The van der Waals surface area contributed by atoms with Gasteiger partial charge in [0, 0.05) is 0 Å². The molecule has 0 saturated heterocycles. The number of rotatable bonds is 2. The van der Waals surface area contributed by atoms with Gasteiger partial charge < -0.3 is 5.11 Å². The minimum atomic E-state index is -0.818. The Balaban J connectivity index is 3.15. The lowest BCUT2D eigenvalue weighted by atomic mass is 10.2. The van der Waals surface area contributed by atoms with Gasteiger partial charge in [-0.1, -0.05) is 6.92 Å². The summed E-state index contributed by atoms with van der Waals surface area (Å²) < 4.78 is 0. The van der Waals surface area contributed by atoms with Crippen molar-refractivity contribution >= 4 is 12.6 Å². The lowest BCUT2D eigenvalue weighted by Gasteiger charge is -2.12. The molecular weight excluding hydrogens is 108 g/mol. The van der Waals surface area contributed by atoms with Crippen LogP contribution in [0.1, 0.15) is 19.8 Å². The van der Waals surface area contributed by atoms with Gasteiger partial charge in [0.2, 0.25) is 0 Å². The average molecular weight is 119 g/mol. The van der Waals surface area contributed by atoms with Crippen LogP contribution in [0.25, 0.3) is 0 Å². The van der Waals surface area contributed by atoms with E-state index in [1.165, 1.54) is 0 Å². The van der Waals surface area contributed by atoms with Gasteiger partial charge in [0.05, 0.1) is 0 Å². The molecule has 0 saturated carbocycles. The van der Waals surface area contributed by atoms with Crippen LogP contribution in [0.15, 0.2) is 0 Å². The normalized spacial score (nSPS) is 18.9. The standard InChI is InChI=1S/C5H11OS/c1-3-4-5(2,6)7/h6-7H,1,3-4H2,2H3. The predicted molar refractivity (Wildman–Crippen MR) is 34.2 cm³/mol. The SMILES string of the molecule is [CH2]CCC(C)(O)S. The second-order valence-corrected chi connectivity index (χ2v) is 2.78. The van der Waals surface area contributed by atoms with E-state index >= 15 is 0 Å². The molecule has 1 atom stereocenters. The molecule has 0 rings (SSSR count). The second-order valence-electron chi connectivity index (χ2n) is 1.82. The molecule has 0 amide bonds. The van der Waals surface area contributed by atoms with Crippen LogP contribution in [-0.4, -0.2) is 10.0 Å². The molecule has 0 heterocycles. The molecule has 0 bridgehead atoms. The maximum absolute atomic E-state index is 8.84. The number of thiol groups is 1. The summed E-state index contributed by atoms with van der Waals surface area (Å²) in [6.07, 6.45) is 1.38. The Hall–Kier alpha value is 0.310. The summed E-state index contributed by atoms with van der Waals surface area (Å²) in [5.74, 6) is 0.